The van der Waals surface area contributed by atoms with E-state index in [9.17, 15) is 4.79 Å². The van der Waals surface area contributed by atoms with Crippen LogP contribution in [0, 0.1) is 0 Å². The zero-order valence-electron chi connectivity index (χ0n) is 16.8. The first-order chi connectivity index (χ1) is 14.7. The maximum absolute atomic E-state index is 13.3. The topological polar surface area (TPSA) is 17.1 Å². The zero-order valence-corrected chi connectivity index (χ0v) is 19.5. The molecule has 0 unspecified atom stereocenters. The van der Waals surface area contributed by atoms with Gasteiger partial charge < -0.3 is 0 Å². The number of rotatable bonds is 6. The second-order valence-electron chi connectivity index (χ2n) is 6.95. The summed E-state index contributed by atoms with van der Waals surface area (Å²) in [6.45, 7) is 1.72. The number of benzene rings is 4. The fourth-order valence-electron chi connectivity index (χ4n) is 3.73. The fraction of sp³-hybridized carbons (Fsp3) is 0.0370. The SMILES string of the molecule is CC(=O)C(Sc1ccccc1)=[As](c1ccccc1)(c1ccccc1)c1ccccc1. The van der Waals surface area contributed by atoms with Gasteiger partial charge in [-0.05, 0) is 0 Å². The van der Waals surface area contributed by atoms with Crippen LogP contribution in [-0.2, 0) is 4.79 Å². The molecular formula is C27H23AsOS. The Morgan fingerprint density at radius 2 is 0.900 bits per heavy atom. The van der Waals surface area contributed by atoms with E-state index in [1.807, 2.05) is 36.4 Å². The van der Waals surface area contributed by atoms with Gasteiger partial charge in [0, 0.05) is 0 Å². The quantitative estimate of drug-likeness (QED) is 0.310. The molecule has 0 bridgehead atoms. The molecule has 0 fully saturated rings. The van der Waals surface area contributed by atoms with Gasteiger partial charge in [0.25, 0.3) is 0 Å². The second-order valence-corrected chi connectivity index (χ2v) is 15.7. The Labute approximate surface area is 184 Å². The number of carbonyl (C=O) groups is 1. The van der Waals surface area contributed by atoms with Crippen molar-refractivity contribution in [1.82, 2.24) is 0 Å². The molecule has 0 aliphatic heterocycles. The molecule has 0 atom stereocenters. The van der Waals surface area contributed by atoms with E-state index < -0.39 is 13.1 Å². The van der Waals surface area contributed by atoms with Crippen molar-refractivity contribution >= 4 is 47.3 Å². The zero-order chi connectivity index (χ0) is 20.8. The number of Topliss-reactive ketones (excluding diaryl/α,β-unsaturated/α-hetero) is 1. The summed E-state index contributed by atoms with van der Waals surface area (Å²) < 4.78 is 4.72. The molecule has 3 heteroatoms. The van der Waals surface area contributed by atoms with Crippen molar-refractivity contribution in [3.63, 3.8) is 0 Å². The third-order valence-electron chi connectivity index (χ3n) is 4.99. The summed E-state index contributed by atoms with van der Waals surface area (Å²) >= 11 is -1.63. The standard InChI is InChI=1S/C27H23AsOS/c1-22(29)27(30-26-20-12-5-13-21-26)28(23-14-6-2-7-15-23,24-16-8-3-9-17-24)25-18-10-4-11-19-25/h2-21H,1H3. The second kappa shape index (κ2) is 9.43. The molecule has 0 aliphatic rings. The molecule has 148 valence electrons. The summed E-state index contributed by atoms with van der Waals surface area (Å²) in [7, 11) is 0. The van der Waals surface area contributed by atoms with Gasteiger partial charge in [-0.3, -0.25) is 0 Å². The predicted octanol–water partition coefficient (Wildman–Crippen LogP) is 4.25. The molecule has 30 heavy (non-hydrogen) atoms. The monoisotopic (exact) mass is 470 g/mol. The maximum atomic E-state index is 13.3. The van der Waals surface area contributed by atoms with E-state index in [2.05, 4.69) is 84.9 Å². The first-order valence-electron chi connectivity index (χ1n) is 9.90. The first kappa shape index (κ1) is 20.6. The molecule has 0 spiro atoms. The normalized spacial score (nSPS) is 11.1. The number of hydrogen-bond acceptors (Lipinski definition) is 2. The Bertz CT molecular complexity index is 1070. The average Bonchev–Trinajstić information content (AvgIpc) is 2.82. The van der Waals surface area contributed by atoms with E-state index in [4.69, 9.17) is 0 Å². The van der Waals surface area contributed by atoms with Crippen LogP contribution in [0.1, 0.15) is 6.92 Å². The van der Waals surface area contributed by atoms with Crippen LogP contribution in [0.2, 0.25) is 0 Å². The number of hydrogen-bond donors (Lipinski definition) is 0. The Morgan fingerprint density at radius 1 is 0.567 bits per heavy atom. The first-order valence-corrected chi connectivity index (χ1v) is 14.5. The Balaban J connectivity index is 2.18. The van der Waals surface area contributed by atoms with E-state index in [0.717, 1.165) is 8.53 Å². The molecule has 0 heterocycles. The summed E-state index contributed by atoms with van der Waals surface area (Å²) in [5.74, 6) is 0.146. The summed E-state index contributed by atoms with van der Waals surface area (Å²) in [6.07, 6.45) is 0. The number of thioether (sulfide) groups is 1. The molecular weight excluding hydrogens is 447 g/mol. The van der Waals surface area contributed by atoms with Gasteiger partial charge in [0.2, 0.25) is 0 Å². The van der Waals surface area contributed by atoms with E-state index in [-0.39, 0.29) is 5.78 Å². The van der Waals surface area contributed by atoms with Crippen LogP contribution in [-0.4, -0.2) is 22.5 Å². The van der Waals surface area contributed by atoms with Crippen LogP contribution < -0.4 is 13.1 Å². The van der Waals surface area contributed by atoms with Crippen LogP contribution >= 0.6 is 11.8 Å². The molecule has 0 saturated heterocycles. The van der Waals surface area contributed by atoms with Crippen LogP contribution in [0.15, 0.2) is 126 Å². The van der Waals surface area contributed by atoms with E-state index in [1.54, 1.807) is 18.7 Å². The predicted molar refractivity (Wildman–Crippen MR) is 132 cm³/mol. The Hall–Kier alpha value is -2.67. The Kier molecular flexibility index (Phi) is 6.47. The van der Waals surface area contributed by atoms with Crippen molar-refractivity contribution < 1.29 is 4.79 Å². The molecule has 0 N–H and O–H groups in total. The molecule has 4 rings (SSSR count). The van der Waals surface area contributed by atoms with Crippen LogP contribution in [0.5, 0.6) is 0 Å². The minimum atomic E-state index is -3.26. The molecule has 0 saturated carbocycles. The van der Waals surface area contributed by atoms with Gasteiger partial charge in [-0.1, -0.05) is 0 Å². The van der Waals surface area contributed by atoms with E-state index in [0.29, 0.717) is 0 Å². The van der Waals surface area contributed by atoms with Crippen LogP contribution in [0.3, 0.4) is 0 Å². The van der Waals surface area contributed by atoms with Gasteiger partial charge in [0.15, 0.2) is 0 Å². The minimum absolute atomic E-state index is 0.146. The molecule has 4 aromatic rings. The number of ketones is 1. The average molecular weight is 470 g/mol. The molecule has 1 nitrogen and oxygen atoms in total. The van der Waals surface area contributed by atoms with Crippen molar-refractivity contribution in [2.24, 2.45) is 0 Å². The van der Waals surface area contributed by atoms with Crippen molar-refractivity contribution in [3.05, 3.63) is 121 Å². The van der Waals surface area contributed by atoms with Crippen LogP contribution in [0.25, 0.3) is 0 Å². The van der Waals surface area contributed by atoms with Gasteiger partial charge >= 0.3 is 185 Å². The van der Waals surface area contributed by atoms with Crippen molar-refractivity contribution in [2.75, 3.05) is 0 Å². The van der Waals surface area contributed by atoms with Gasteiger partial charge in [-0.25, -0.2) is 0 Å². The third-order valence-corrected chi connectivity index (χ3v) is 16.7. The third kappa shape index (κ3) is 3.99. The van der Waals surface area contributed by atoms with Crippen molar-refractivity contribution in [1.29, 1.82) is 0 Å². The fourth-order valence-corrected chi connectivity index (χ4v) is 15.9. The molecule has 0 aromatic heterocycles. The summed E-state index contributed by atoms with van der Waals surface area (Å²) in [4.78, 5) is 14.4. The van der Waals surface area contributed by atoms with E-state index >= 15 is 0 Å². The van der Waals surface area contributed by atoms with Crippen molar-refractivity contribution in [2.45, 2.75) is 11.8 Å². The molecule has 4 aromatic carbocycles. The van der Waals surface area contributed by atoms with Gasteiger partial charge in [0.05, 0.1) is 0 Å². The van der Waals surface area contributed by atoms with Gasteiger partial charge in [0.1, 0.15) is 0 Å². The summed E-state index contributed by atoms with van der Waals surface area (Å²) in [6, 6.07) is 42.1. The molecule has 0 radical (unpaired) electrons. The van der Waals surface area contributed by atoms with Gasteiger partial charge in [-0.2, -0.15) is 0 Å². The molecule has 0 amide bonds. The van der Waals surface area contributed by atoms with Crippen molar-refractivity contribution in [3.8, 4) is 0 Å². The summed E-state index contributed by atoms with van der Waals surface area (Å²) in [5, 5.41) is 0. The van der Waals surface area contributed by atoms with Crippen LogP contribution in [0.4, 0.5) is 0 Å². The Morgan fingerprint density at radius 3 is 1.23 bits per heavy atom. The van der Waals surface area contributed by atoms with Gasteiger partial charge in [-0.15, -0.1) is 0 Å². The summed E-state index contributed by atoms with van der Waals surface area (Å²) in [5.41, 5.74) is 0. The number of carbonyl (C=O) groups excluding carboxylic acids is 1. The van der Waals surface area contributed by atoms with E-state index in [1.165, 1.54) is 13.1 Å². The molecule has 0 aliphatic carbocycles.